The second-order valence-electron chi connectivity index (χ2n) is 7.23. The number of anilines is 1. The summed E-state index contributed by atoms with van der Waals surface area (Å²) in [5.74, 6) is -0.344. The zero-order chi connectivity index (χ0) is 18.5. The first kappa shape index (κ1) is 25.0. The van der Waals surface area contributed by atoms with Gasteiger partial charge in [-0.3, -0.25) is 4.79 Å². The molecule has 0 aromatic heterocycles. The van der Waals surface area contributed by atoms with Crippen molar-refractivity contribution in [2.75, 3.05) is 57.3 Å². The minimum atomic E-state index is -0.290. The van der Waals surface area contributed by atoms with Crippen molar-refractivity contribution in [2.45, 2.75) is 32.7 Å². The van der Waals surface area contributed by atoms with Crippen molar-refractivity contribution in [2.24, 2.45) is 0 Å². The fourth-order valence-corrected chi connectivity index (χ4v) is 3.96. The number of hydrogen-bond donors (Lipinski definition) is 1. The van der Waals surface area contributed by atoms with E-state index < -0.39 is 0 Å². The van der Waals surface area contributed by atoms with E-state index in [1.807, 2.05) is 4.90 Å². The number of benzene rings is 1. The summed E-state index contributed by atoms with van der Waals surface area (Å²) in [4.78, 5) is 19.3. The van der Waals surface area contributed by atoms with Crippen LogP contribution < -0.4 is 10.2 Å². The number of carbonyl (C=O) groups is 1. The van der Waals surface area contributed by atoms with Gasteiger partial charge < -0.3 is 20.0 Å². The van der Waals surface area contributed by atoms with Crippen LogP contribution in [0.2, 0.25) is 0 Å². The van der Waals surface area contributed by atoms with E-state index in [0.29, 0.717) is 17.8 Å². The Morgan fingerprint density at radius 3 is 2.46 bits per heavy atom. The summed E-state index contributed by atoms with van der Waals surface area (Å²) in [7, 11) is 0. The summed E-state index contributed by atoms with van der Waals surface area (Å²) in [6.07, 6.45) is 1.87. The van der Waals surface area contributed by atoms with Crippen LogP contribution >= 0.6 is 24.8 Å². The van der Waals surface area contributed by atoms with Crippen LogP contribution in [0.5, 0.6) is 0 Å². The lowest BCUT2D eigenvalue weighted by atomic mass is 10.1. The van der Waals surface area contributed by atoms with Crippen molar-refractivity contribution < 1.29 is 9.18 Å². The van der Waals surface area contributed by atoms with Crippen LogP contribution in [0, 0.1) is 5.82 Å². The molecule has 2 aliphatic rings. The third-order valence-corrected chi connectivity index (χ3v) is 5.56. The van der Waals surface area contributed by atoms with Crippen molar-refractivity contribution in [3.05, 3.63) is 29.6 Å². The van der Waals surface area contributed by atoms with Crippen LogP contribution in [-0.4, -0.2) is 74.1 Å². The first-order chi connectivity index (χ1) is 12.6. The molecule has 0 aliphatic carbocycles. The largest absolute Gasteiger partial charge is 0.367 e. The maximum absolute atomic E-state index is 14.8. The Morgan fingerprint density at radius 2 is 1.93 bits per heavy atom. The van der Waals surface area contributed by atoms with Crippen LogP contribution in [0.1, 0.15) is 37.0 Å². The number of nitrogens with one attached hydrogen (secondary N) is 1. The van der Waals surface area contributed by atoms with Gasteiger partial charge in [0.15, 0.2) is 0 Å². The minimum Gasteiger partial charge on any atom is -0.367 e. The fourth-order valence-electron chi connectivity index (χ4n) is 3.96. The summed E-state index contributed by atoms with van der Waals surface area (Å²) in [5, 5.41) is 3.31. The van der Waals surface area contributed by atoms with Gasteiger partial charge in [0.2, 0.25) is 0 Å². The van der Waals surface area contributed by atoms with Gasteiger partial charge in [-0.05, 0) is 44.1 Å². The van der Waals surface area contributed by atoms with E-state index in [9.17, 15) is 9.18 Å². The van der Waals surface area contributed by atoms with Crippen LogP contribution in [0.15, 0.2) is 18.2 Å². The lowest BCUT2D eigenvalue weighted by Crippen LogP contribution is -2.46. The molecule has 1 atom stereocenters. The van der Waals surface area contributed by atoms with Crippen molar-refractivity contribution in [1.82, 2.24) is 15.1 Å². The summed E-state index contributed by atoms with van der Waals surface area (Å²) in [5.41, 5.74) is 1.07. The average Bonchev–Trinajstić information content (AvgIpc) is 3.20. The van der Waals surface area contributed by atoms with Crippen LogP contribution in [0.4, 0.5) is 10.1 Å². The van der Waals surface area contributed by atoms with Gasteiger partial charge in [-0.1, -0.05) is 13.8 Å². The molecule has 5 nitrogen and oxygen atoms in total. The monoisotopic (exact) mass is 434 g/mol. The lowest BCUT2D eigenvalue weighted by molar-refractivity contribution is 0.0692. The van der Waals surface area contributed by atoms with Gasteiger partial charge in [-0.15, -0.1) is 24.8 Å². The molecule has 8 heteroatoms. The lowest BCUT2D eigenvalue weighted by Gasteiger charge is -2.35. The smallest absolute Gasteiger partial charge is 0.254 e. The molecular formula is C20H33Cl2FN4O. The Kier molecular flexibility index (Phi) is 10.5. The first-order valence-electron chi connectivity index (χ1n) is 9.92. The molecule has 0 saturated carbocycles. The van der Waals surface area contributed by atoms with E-state index in [1.165, 1.54) is 6.07 Å². The first-order valence-corrected chi connectivity index (χ1v) is 9.92. The highest BCUT2D eigenvalue weighted by Crippen LogP contribution is 2.23. The van der Waals surface area contributed by atoms with Crippen LogP contribution in [-0.2, 0) is 0 Å². The number of rotatable bonds is 6. The summed E-state index contributed by atoms with van der Waals surface area (Å²) >= 11 is 0. The molecule has 1 N–H and O–H groups in total. The number of nitrogens with zero attached hydrogens (tertiary/aromatic N) is 3. The van der Waals surface area contributed by atoms with E-state index >= 15 is 0 Å². The zero-order valence-corrected chi connectivity index (χ0v) is 18.5. The number of carbonyl (C=O) groups excluding carboxylic acids is 1. The number of amides is 1. The molecule has 0 bridgehead atoms. The van der Waals surface area contributed by atoms with Gasteiger partial charge in [-0.2, -0.15) is 0 Å². The highest BCUT2D eigenvalue weighted by atomic mass is 35.5. The third kappa shape index (κ3) is 5.72. The molecule has 2 fully saturated rings. The maximum Gasteiger partial charge on any atom is 0.254 e. The topological polar surface area (TPSA) is 38.8 Å². The van der Waals surface area contributed by atoms with Gasteiger partial charge in [-0.25, -0.2) is 4.39 Å². The van der Waals surface area contributed by atoms with Gasteiger partial charge in [0.25, 0.3) is 5.91 Å². The molecule has 1 amide bonds. The Labute approximate surface area is 180 Å². The fraction of sp³-hybridized carbons (Fsp3) is 0.650. The van der Waals surface area contributed by atoms with Crippen molar-refractivity contribution in [1.29, 1.82) is 0 Å². The van der Waals surface area contributed by atoms with Crippen LogP contribution in [0.3, 0.4) is 0 Å². The predicted octanol–water partition coefficient (Wildman–Crippen LogP) is 3.03. The third-order valence-electron chi connectivity index (χ3n) is 5.56. The van der Waals surface area contributed by atoms with Crippen molar-refractivity contribution in [3.63, 3.8) is 0 Å². The standard InChI is InChI=1S/C20H31FN4O.2ClH/c1-3-9-25(17-7-8-22-15-17)20(26)16-5-6-19(18(21)14-16)24-12-10-23(4-2)11-13-24;;/h5-6,14,17,22H,3-4,7-13,15H2,1-2H3;2*1H. The van der Waals surface area contributed by atoms with Crippen molar-refractivity contribution in [3.8, 4) is 0 Å². The Balaban J connectivity index is 0.00000196. The molecule has 2 heterocycles. The molecule has 0 radical (unpaired) electrons. The molecule has 1 unspecified atom stereocenters. The van der Waals surface area contributed by atoms with Gasteiger partial charge in [0, 0.05) is 50.9 Å². The number of likely N-dealkylation sites (N-methyl/N-ethyl adjacent to an activating group) is 1. The zero-order valence-electron chi connectivity index (χ0n) is 16.8. The Morgan fingerprint density at radius 1 is 1.21 bits per heavy atom. The van der Waals surface area contributed by atoms with Gasteiger partial charge in [0.1, 0.15) is 5.82 Å². The van der Waals surface area contributed by atoms with Gasteiger partial charge in [0.05, 0.1) is 5.69 Å². The normalized spacial score (nSPS) is 19.7. The Bertz CT molecular complexity index is 620. The molecule has 1 aromatic carbocycles. The molecule has 1 aromatic rings. The Hall–Kier alpha value is -1.08. The van der Waals surface area contributed by atoms with E-state index in [4.69, 9.17) is 0 Å². The molecule has 2 aliphatic heterocycles. The minimum absolute atomic E-state index is 0. The summed E-state index contributed by atoms with van der Waals surface area (Å²) in [6.45, 7) is 11.3. The van der Waals surface area contributed by atoms with E-state index in [1.54, 1.807) is 12.1 Å². The maximum atomic E-state index is 14.8. The summed E-state index contributed by atoms with van der Waals surface area (Å²) < 4.78 is 14.8. The van der Waals surface area contributed by atoms with E-state index in [0.717, 1.165) is 58.7 Å². The van der Waals surface area contributed by atoms with Crippen molar-refractivity contribution >= 4 is 36.4 Å². The van der Waals surface area contributed by atoms with E-state index in [2.05, 4.69) is 29.0 Å². The number of hydrogen-bond acceptors (Lipinski definition) is 4. The van der Waals surface area contributed by atoms with E-state index in [-0.39, 0.29) is 42.6 Å². The molecule has 160 valence electrons. The highest BCUT2D eigenvalue weighted by molar-refractivity contribution is 5.95. The molecular weight excluding hydrogens is 402 g/mol. The SMILES string of the molecule is CCCN(C(=O)c1ccc(N2CCN(CC)CC2)c(F)c1)C1CCNC1.Cl.Cl. The molecule has 2 saturated heterocycles. The number of halogens is 3. The summed E-state index contributed by atoms with van der Waals surface area (Å²) in [6, 6.07) is 5.21. The number of piperazine rings is 1. The second kappa shape index (κ2) is 11.8. The average molecular weight is 435 g/mol. The second-order valence-corrected chi connectivity index (χ2v) is 7.23. The van der Waals surface area contributed by atoms with Crippen LogP contribution in [0.25, 0.3) is 0 Å². The molecule has 3 rings (SSSR count). The quantitative estimate of drug-likeness (QED) is 0.746. The molecule has 0 spiro atoms. The highest BCUT2D eigenvalue weighted by Gasteiger charge is 2.27. The van der Waals surface area contributed by atoms with Gasteiger partial charge >= 0.3 is 0 Å². The molecule has 28 heavy (non-hydrogen) atoms. The predicted molar refractivity (Wildman–Crippen MR) is 118 cm³/mol.